The third-order valence-corrected chi connectivity index (χ3v) is 6.51. The van der Waals surface area contributed by atoms with Crippen LogP contribution in [0.2, 0.25) is 0 Å². The minimum Gasteiger partial charge on any atom is -0.354 e. The SMILES string of the molecule is C=C1CC(=O)C(C)C2=C1N(Cc1ccc(C)cc1)C(NC1CCCCCC1)N2. The molecular weight excluding hydrogens is 346 g/mol. The van der Waals surface area contributed by atoms with Gasteiger partial charge in [-0.25, -0.2) is 0 Å². The fourth-order valence-corrected chi connectivity index (χ4v) is 4.77. The third-order valence-electron chi connectivity index (χ3n) is 6.51. The van der Waals surface area contributed by atoms with Crippen LogP contribution in [0, 0.1) is 12.8 Å². The Balaban J connectivity index is 1.60. The zero-order valence-corrected chi connectivity index (χ0v) is 17.3. The summed E-state index contributed by atoms with van der Waals surface area (Å²) in [4.78, 5) is 14.8. The van der Waals surface area contributed by atoms with Gasteiger partial charge >= 0.3 is 0 Å². The molecule has 28 heavy (non-hydrogen) atoms. The van der Waals surface area contributed by atoms with Gasteiger partial charge in [0.2, 0.25) is 0 Å². The molecule has 150 valence electrons. The molecule has 2 atom stereocenters. The van der Waals surface area contributed by atoms with Gasteiger partial charge in [0.05, 0.1) is 11.6 Å². The molecule has 4 nitrogen and oxygen atoms in total. The number of nitrogens with one attached hydrogen (secondary N) is 2. The second-order valence-corrected chi connectivity index (χ2v) is 8.75. The fraction of sp³-hybridized carbons (Fsp3) is 0.542. The summed E-state index contributed by atoms with van der Waals surface area (Å²) in [5, 5.41) is 7.54. The molecule has 4 heteroatoms. The van der Waals surface area contributed by atoms with Crippen molar-refractivity contribution in [2.24, 2.45) is 5.92 Å². The summed E-state index contributed by atoms with van der Waals surface area (Å²) in [5.41, 5.74) is 5.71. The molecule has 1 aliphatic heterocycles. The average Bonchev–Trinajstić information content (AvgIpc) is 2.84. The molecule has 0 bridgehead atoms. The van der Waals surface area contributed by atoms with E-state index in [0.29, 0.717) is 12.5 Å². The standard InChI is InChI=1S/C24H33N3O/c1-16-10-12-19(13-11-16)15-27-23-17(2)14-21(28)18(3)22(23)26-24(27)25-20-8-6-4-5-7-9-20/h10-13,18,20,24-26H,2,4-9,14-15H2,1,3H3. The van der Waals surface area contributed by atoms with E-state index < -0.39 is 0 Å². The molecule has 0 spiro atoms. The first-order valence-electron chi connectivity index (χ1n) is 10.8. The second kappa shape index (κ2) is 8.12. The molecule has 4 rings (SSSR count). The molecular formula is C24H33N3O. The maximum Gasteiger partial charge on any atom is 0.155 e. The summed E-state index contributed by atoms with van der Waals surface area (Å²) in [6.07, 6.45) is 8.25. The Labute approximate surface area is 169 Å². The Kier molecular flexibility index (Phi) is 5.58. The van der Waals surface area contributed by atoms with Crippen LogP contribution in [0.3, 0.4) is 0 Å². The third kappa shape index (κ3) is 3.88. The van der Waals surface area contributed by atoms with Crippen molar-refractivity contribution < 1.29 is 4.79 Å². The Morgan fingerprint density at radius 2 is 1.82 bits per heavy atom. The Morgan fingerprint density at radius 1 is 1.14 bits per heavy atom. The summed E-state index contributed by atoms with van der Waals surface area (Å²) in [6, 6.07) is 9.28. The van der Waals surface area contributed by atoms with Gasteiger partial charge in [-0.2, -0.15) is 0 Å². The highest BCUT2D eigenvalue weighted by Crippen LogP contribution is 2.37. The molecule has 0 radical (unpaired) electrons. The number of Topliss-reactive ketones (excluding diaryl/α,β-unsaturated/α-hetero) is 1. The minimum absolute atomic E-state index is 0.0273. The maximum absolute atomic E-state index is 12.4. The predicted octanol–water partition coefficient (Wildman–Crippen LogP) is 4.37. The number of hydrogen-bond donors (Lipinski definition) is 2. The lowest BCUT2D eigenvalue weighted by molar-refractivity contribution is -0.121. The normalized spacial score (nSPS) is 26.3. The van der Waals surface area contributed by atoms with Crippen LogP contribution >= 0.6 is 0 Å². The van der Waals surface area contributed by atoms with Gasteiger partial charge in [0.1, 0.15) is 5.78 Å². The van der Waals surface area contributed by atoms with Crippen LogP contribution in [0.4, 0.5) is 0 Å². The van der Waals surface area contributed by atoms with Crippen LogP contribution in [-0.2, 0) is 11.3 Å². The quantitative estimate of drug-likeness (QED) is 0.763. The van der Waals surface area contributed by atoms with Gasteiger partial charge in [0.15, 0.2) is 6.29 Å². The van der Waals surface area contributed by atoms with E-state index in [1.807, 2.05) is 6.92 Å². The van der Waals surface area contributed by atoms with Gasteiger partial charge in [-0.3, -0.25) is 10.1 Å². The highest BCUT2D eigenvalue weighted by atomic mass is 16.1. The number of aryl methyl sites for hydroxylation is 1. The number of rotatable bonds is 4. The molecule has 2 aliphatic carbocycles. The number of nitrogens with zero attached hydrogens (tertiary/aromatic N) is 1. The van der Waals surface area contributed by atoms with Crippen LogP contribution in [0.25, 0.3) is 0 Å². The van der Waals surface area contributed by atoms with E-state index in [1.54, 1.807) is 0 Å². The molecule has 0 aromatic heterocycles. The van der Waals surface area contributed by atoms with E-state index in [4.69, 9.17) is 0 Å². The molecule has 2 unspecified atom stereocenters. The topological polar surface area (TPSA) is 44.4 Å². The van der Waals surface area contributed by atoms with E-state index in [2.05, 4.69) is 53.3 Å². The van der Waals surface area contributed by atoms with E-state index in [1.165, 1.54) is 49.7 Å². The van der Waals surface area contributed by atoms with Crippen LogP contribution < -0.4 is 10.6 Å². The minimum atomic E-state index is -0.0815. The lowest BCUT2D eigenvalue weighted by atomic mass is 9.87. The zero-order chi connectivity index (χ0) is 19.7. The molecule has 1 aromatic carbocycles. The first-order valence-corrected chi connectivity index (χ1v) is 10.8. The first-order chi connectivity index (χ1) is 13.5. The lowest BCUT2D eigenvalue weighted by Gasteiger charge is -2.33. The van der Waals surface area contributed by atoms with E-state index in [9.17, 15) is 4.79 Å². The summed E-state index contributed by atoms with van der Waals surface area (Å²) in [7, 11) is 0. The van der Waals surface area contributed by atoms with Gasteiger partial charge in [-0.15, -0.1) is 0 Å². The summed E-state index contributed by atoms with van der Waals surface area (Å²) in [5.74, 6) is 0.184. The molecule has 1 aromatic rings. The van der Waals surface area contributed by atoms with Crippen molar-refractivity contribution >= 4 is 5.78 Å². The van der Waals surface area contributed by atoms with Gasteiger partial charge < -0.3 is 10.2 Å². The van der Waals surface area contributed by atoms with Crippen molar-refractivity contribution in [1.82, 2.24) is 15.5 Å². The number of carbonyl (C=O) groups is 1. The number of carbonyl (C=O) groups excluding carboxylic acids is 1. The molecule has 0 saturated heterocycles. The molecule has 1 fully saturated rings. The van der Waals surface area contributed by atoms with Crippen molar-refractivity contribution in [3.8, 4) is 0 Å². The lowest BCUT2D eigenvalue weighted by Crippen LogP contribution is -2.52. The van der Waals surface area contributed by atoms with Crippen LogP contribution in [-0.4, -0.2) is 23.0 Å². The number of allylic oxidation sites excluding steroid dienone is 2. The van der Waals surface area contributed by atoms with Crippen molar-refractivity contribution in [2.75, 3.05) is 0 Å². The average molecular weight is 380 g/mol. The Morgan fingerprint density at radius 3 is 2.50 bits per heavy atom. The number of benzene rings is 1. The van der Waals surface area contributed by atoms with Crippen LogP contribution in [0.15, 0.2) is 47.8 Å². The summed E-state index contributed by atoms with van der Waals surface area (Å²) < 4.78 is 0. The maximum atomic E-state index is 12.4. The highest BCUT2D eigenvalue weighted by molar-refractivity contribution is 5.88. The van der Waals surface area contributed by atoms with Crippen molar-refractivity contribution in [3.05, 3.63) is 58.9 Å². The summed E-state index contributed by atoms with van der Waals surface area (Å²) >= 11 is 0. The molecule has 1 saturated carbocycles. The molecule has 0 amide bonds. The highest BCUT2D eigenvalue weighted by Gasteiger charge is 2.40. The molecule has 3 aliphatic rings. The second-order valence-electron chi connectivity index (χ2n) is 8.75. The fourth-order valence-electron chi connectivity index (χ4n) is 4.77. The zero-order valence-electron chi connectivity index (χ0n) is 17.3. The van der Waals surface area contributed by atoms with E-state index in [-0.39, 0.29) is 18.0 Å². The number of ketones is 1. The summed E-state index contributed by atoms with van der Waals surface area (Å²) in [6.45, 7) is 9.21. The van der Waals surface area contributed by atoms with E-state index in [0.717, 1.165) is 23.5 Å². The first kappa shape index (κ1) is 19.3. The van der Waals surface area contributed by atoms with Gasteiger partial charge in [-0.1, -0.05) is 62.1 Å². The van der Waals surface area contributed by atoms with Gasteiger partial charge in [0.25, 0.3) is 0 Å². The smallest absolute Gasteiger partial charge is 0.155 e. The van der Waals surface area contributed by atoms with Crippen LogP contribution in [0.1, 0.15) is 63.0 Å². The van der Waals surface area contributed by atoms with E-state index >= 15 is 0 Å². The molecule has 2 N–H and O–H groups in total. The predicted molar refractivity (Wildman–Crippen MR) is 113 cm³/mol. The van der Waals surface area contributed by atoms with Crippen molar-refractivity contribution in [2.45, 2.75) is 77.7 Å². The monoisotopic (exact) mass is 379 g/mol. The largest absolute Gasteiger partial charge is 0.354 e. The Hall–Kier alpha value is -2.07. The Bertz CT molecular complexity index is 772. The van der Waals surface area contributed by atoms with Crippen LogP contribution in [0.5, 0.6) is 0 Å². The van der Waals surface area contributed by atoms with Crippen molar-refractivity contribution in [1.29, 1.82) is 0 Å². The van der Waals surface area contributed by atoms with Gasteiger partial charge in [0, 0.05) is 24.7 Å². The number of hydrogen-bond acceptors (Lipinski definition) is 4. The van der Waals surface area contributed by atoms with Gasteiger partial charge in [-0.05, 0) is 37.8 Å². The van der Waals surface area contributed by atoms with Crippen molar-refractivity contribution in [3.63, 3.8) is 0 Å². The molecule has 1 heterocycles.